The highest BCUT2D eigenvalue weighted by Gasteiger charge is 2.53. The average Bonchev–Trinajstić information content (AvgIpc) is 3.83. The van der Waals surface area contributed by atoms with Crippen LogP contribution >= 0.6 is 0 Å². The van der Waals surface area contributed by atoms with Crippen LogP contribution in [0.25, 0.3) is 12.2 Å². The molecule has 64 heavy (non-hydrogen) atoms. The molecular formula is C46H62N4O10Si4. The molecule has 3 aliphatic heterocycles. The van der Waals surface area contributed by atoms with E-state index in [0.717, 1.165) is 55.8 Å². The highest BCUT2D eigenvalue weighted by atomic mass is 28.5. The Bertz CT molecular complexity index is 2490. The van der Waals surface area contributed by atoms with Crippen LogP contribution in [0.5, 0.6) is 0 Å². The van der Waals surface area contributed by atoms with Crippen LogP contribution in [0, 0.1) is 13.8 Å². The molecule has 1 aromatic carbocycles. The molecule has 0 radical (unpaired) electrons. The maximum atomic E-state index is 12.3. The standard InChI is InChI=1S/C33H36N4O6.C13H26O4Si4/c1-7-20-19(6)32(42)37-27(20)14-25-18(5)23(10-12-31(40)41)29(35-25)15-28-22(9-11-30(38)39)17(4)24(34-28)13-26-16(3)21(8-2)33(43)36-26;1-18(2)14-19(3,4)16-21(7,17-20(5,6)15-18)13-11-9-8-10-12-13/h7-8,13-14,34-35H,1-2,9-12,15H2,3-6H3,(H,36,43)(H,37,42)(H,38,39)(H,40,41);8-12H,1-7H3/b26-13-,27-14-;. The van der Waals surface area contributed by atoms with Gasteiger partial charge in [0.2, 0.25) is 0 Å². The second-order valence-electron chi connectivity index (χ2n) is 17.6. The number of carbonyl (C=O) groups is 4. The Balaban J connectivity index is 0.000000306. The maximum Gasteiger partial charge on any atom is 0.351 e. The second kappa shape index (κ2) is 19.5. The van der Waals surface area contributed by atoms with Gasteiger partial charge in [0.05, 0.1) is 5.70 Å². The summed E-state index contributed by atoms with van der Waals surface area (Å²) in [7, 11) is -9.33. The number of H-pyrrole nitrogens is 2. The zero-order valence-corrected chi connectivity index (χ0v) is 42.8. The number of benzene rings is 1. The molecule has 2 aromatic heterocycles. The SMILES string of the molecule is C=CC1=C(C)/C(=C/c2[nH]c(Cc3[nH]c(/C=C4\NC(=O)C(C)=C4C=C)c(C)c3CCC(=O)O)c(CCC(=O)O)c2C)NC1=O.C[Si]1(C)O[Si](C)(C)O[Si](C)(c2ccccc2)O[Si](C)(C)O1. The van der Waals surface area contributed by atoms with E-state index in [2.05, 4.69) is 91.7 Å². The number of aliphatic carboxylic acids is 2. The molecule has 0 unspecified atom stereocenters. The molecule has 6 rings (SSSR count). The largest absolute Gasteiger partial charge is 0.481 e. The fourth-order valence-electron chi connectivity index (χ4n) is 8.68. The van der Waals surface area contributed by atoms with Gasteiger partial charge in [-0.2, -0.15) is 0 Å². The van der Waals surface area contributed by atoms with Crippen LogP contribution in [0.15, 0.2) is 89.3 Å². The third kappa shape index (κ3) is 11.7. The zero-order valence-electron chi connectivity index (χ0n) is 38.8. The summed E-state index contributed by atoms with van der Waals surface area (Å²) in [6, 6.07) is 10.3. The monoisotopic (exact) mass is 942 g/mol. The van der Waals surface area contributed by atoms with E-state index in [0.29, 0.717) is 34.5 Å². The van der Waals surface area contributed by atoms with E-state index in [1.807, 2.05) is 51.1 Å². The van der Waals surface area contributed by atoms with Crippen molar-refractivity contribution in [2.24, 2.45) is 0 Å². The van der Waals surface area contributed by atoms with Crippen LogP contribution in [0.4, 0.5) is 0 Å². The molecule has 1 saturated heterocycles. The first kappa shape index (κ1) is 49.8. The van der Waals surface area contributed by atoms with E-state index in [-0.39, 0.29) is 37.5 Å². The van der Waals surface area contributed by atoms with Crippen molar-refractivity contribution < 1.29 is 45.9 Å². The van der Waals surface area contributed by atoms with Crippen molar-refractivity contribution in [1.29, 1.82) is 0 Å². The van der Waals surface area contributed by atoms with Gasteiger partial charge >= 0.3 is 46.2 Å². The number of hydrogen-bond acceptors (Lipinski definition) is 8. The molecule has 0 atom stereocenters. The number of rotatable bonds is 13. The van der Waals surface area contributed by atoms with E-state index in [9.17, 15) is 29.4 Å². The average molecular weight is 943 g/mol. The molecule has 0 spiro atoms. The molecule has 2 amide bonds. The fourth-order valence-corrected chi connectivity index (χ4v) is 29.6. The summed E-state index contributed by atoms with van der Waals surface area (Å²) in [5, 5.41) is 25.7. The van der Waals surface area contributed by atoms with E-state index < -0.39 is 46.2 Å². The Morgan fingerprint density at radius 1 is 0.625 bits per heavy atom. The van der Waals surface area contributed by atoms with Gasteiger partial charge in [-0.1, -0.05) is 55.6 Å². The Morgan fingerprint density at radius 3 is 1.50 bits per heavy atom. The molecule has 1 fully saturated rings. The lowest BCUT2D eigenvalue weighted by Crippen LogP contribution is -2.68. The van der Waals surface area contributed by atoms with Crippen LogP contribution in [-0.2, 0) is 54.9 Å². The zero-order chi connectivity index (χ0) is 47.5. The molecule has 3 aliphatic rings. The first-order chi connectivity index (χ1) is 29.8. The first-order valence-electron chi connectivity index (χ1n) is 21.2. The fraction of sp³-hybridized carbons (Fsp3) is 0.348. The summed E-state index contributed by atoms with van der Waals surface area (Å²) in [6.07, 6.45) is 7.58. The van der Waals surface area contributed by atoms with Crippen LogP contribution in [0.1, 0.15) is 71.7 Å². The van der Waals surface area contributed by atoms with Gasteiger partial charge in [0.15, 0.2) is 0 Å². The second-order valence-corrected chi connectivity index (χ2v) is 31.8. The third-order valence-corrected chi connectivity index (χ3v) is 27.6. The number of carboxylic acids is 2. The molecule has 5 heterocycles. The topological polar surface area (TPSA) is 201 Å². The van der Waals surface area contributed by atoms with Gasteiger partial charge in [0.25, 0.3) is 11.8 Å². The van der Waals surface area contributed by atoms with Crippen LogP contribution in [-0.4, -0.2) is 78.2 Å². The lowest BCUT2D eigenvalue weighted by Gasteiger charge is -2.47. The van der Waals surface area contributed by atoms with Gasteiger partial charge in [-0.25, -0.2) is 0 Å². The predicted octanol–water partition coefficient (Wildman–Crippen LogP) is 7.68. The van der Waals surface area contributed by atoms with E-state index in [1.165, 1.54) is 6.08 Å². The van der Waals surface area contributed by atoms with Gasteiger partial charge in [0.1, 0.15) is 0 Å². The minimum atomic E-state index is -2.53. The Labute approximate surface area is 380 Å². The van der Waals surface area contributed by atoms with Gasteiger partial charge in [0, 0.05) is 64.5 Å². The third-order valence-electron chi connectivity index (χ3n) is 11.3. The van der Waals surface area contributed by atoms with Gasteiger partial charge in [-0.15, -0.1) is 0 Å². The molecular weight excluding hydrogens is 881 g/mol. The molecule has 342 valence electrons. The molecule has 14 nitrogen and oxygen atoms in total. The van der Waals surface area contributed by atoms with Crippen molar-refractivity contribution in [2.75, 3.05) is 0 Å². The number of hydrogen-bond donors (Lipinski definition) is 6. The Kier molecular flexibility index (Phi) is 15.2. The lowest BCUT2D eigenvalue weighted by molar-refractivity contribution is -0.138. The number of carbonyl (C=O) groups excluding carboxylic acids is 2. The van der Waals surface area contributed by atoms with E-state index >= 15 is 0 Å². The number of nitrogens with one attached hydrogen (secondary N) is 4. The van der Waals surface area contributed by atoms with E-state index in [1.54, 1.807) is 13.0 Å². The number of allylic oxidation sites excluding steroid dienone is 2. The number of carboxylic acid groups (broad SMARTS) is 2. The summed E-state index contributed by atoms with van der Waals surface area (Å²) in [5.41, 5.74) is 10.2. The molecule has 0 saturated carbocycles. The Hall–Kier alpha value is -5.19. The molecule has 3 aromatic rings. The minimum absolute atomic E-state index is 0.0688. The Morgan fingerprint density at radius 2 is 1.06 bits per heavy atom. The van der Waals surface area contributed by atoms with Crippen molar-refractivity contribution in [3.8, 4) is 0 Å². The summed E-state index contributed by atoms with van der Waals surface area (Å²) in [6.45, 7) is 29.5. The highest BCUT2D eigenvalue weighted by molar-refractivity contribution is 6.97. The molecule has 18 heteroatoms. The van der Waals surface area contributed by atoms with Crippen molar-refractivity contribution >= 4 is 75.3 Å². The van der Waals surface area contributed by atoms with Gasteiger partial charge < -0.3 is 47.3 Å². The van der Waals surface area contributed by atoms with Crippen LogP contribution in [0.3, 0.4) is 0 Å². The number of aromatic nitrogens is 2. The summed E-state index contributed by atoms with van der Waals surface area (Å²) in [5.74, 6) is -2.28. The number of aromatic amines is 2. The smallest absolute Gasteiger partial charge is 0.351 e. The maximum absolute atomic E-state index is 12.3. The minimum Gasteiger partial charge on any atom is -0.481 e. The van der Waals surface area contributed by atoms with Crippen molar-refractivity contribution in [3.05, 3.63) is 134 Å². The van der Waals surface area contributed by atoms with Gasteiger partial charge in [-0.3, -0.25) is 19.2 Å². The molecule has 0 bridgehead atoms. The number of amides is 2. The summed E-state index contributed by atoms with van der Waals surface area (Å²) < 4.78 is 25.8. The predicted molar refractivity (Wildman–Crippen MR) is 258 cm³/mol. The quantitative estimate of drug-likeness (QED) is 0.0924. The van der Waals surface area contributed by atoms with Crippen molar-refractivity contribution in [2.45, 2.75) is 106 Å². The molecule has 6 N–H and O–H groups in total. The normalized spacial score (nSPS) is 20.0. The van der Waals surface area contributed by atoms with Crippen molar-refractivity contribution in [3.63, 3.8) is 0 Å². The summed E-state index contributed by atoms with van der Waals surface area (Å²) >= 11 is 0. The highest BCUT2D eigenvalue weighted by Crippen LogP contribution is 2.33. The molecule has 0 aliphatic carbocycles. The van der Waals surface area contributed by atoms with E-state index in [4.69, 9.17) is 16.5 Å². The lowest BCUT2D eigenvalue weighted by atomic mass is 9.98. The summed E-state index contributed by atoms with van der Waals surface area (Å²) in [4.78, 5) is 54.5. The first-order valence-corrected chi connectivity index (χ1v) is 32.0. The van der Waals surface area contributed by atoms with Crippen molar-refractivity contribution in [1.82, 2.24) is 20.6 Å². The van der Waals surface area contributed by atoms with Crippen LogP contribution < -0.4 is 15.8 Å². The van der Waals surface area contributed by atoms with Crippen LogP contribution in [0.2, 0.25) is 45.8 Å². The van der Waals surface area contributed by atoms with Gasteiger partial charge in [-0.05, 0) is 132 Å².